The number of benzene rings is 2. The van der Waals surface area contributed by atoms with Crippen molar-refractivity contribution in [2.45, 2.75) is 48.0 Å². The first-order chi connectivity index (χ1) is 11.4. The van der Waals surface area contributed by atoms with E-state index < -0.39 is 0 Å². The molecule has 0 saturated heterocycles. The number of hydrogen-bond donors (Lipinski definition) is 1. The molecule has 2 aromatic carbocycles. The SMILES string of the molecule is C=C.CC.COc1c(C)cc(Cc2cc(C)c(O)c(C)c2)cc1C. The lowest BCUT2D eigenvalue weighted by Crippen LogP contribution is -1.96. The van der Waals surface area contributed by atoms with Gasteiger partial charge in [0.25, 0.3) is 0 Å². The van der Waals surface area contributed by atoms with Gasteiger partial charge in [-0.3, -0.25) is 0 Å². The van der Waals surface area contributed by atoms with Crippen LogP contribution in [0.3, 0.4) is 0 Å². The molecule has 132 valence electrons. The van der Waals surface area contributed by atoms with Gasteiger partial charge in [0, 0.05) is 0 Å². The number of phenolic OH excluding ortho intramolecular Hbond substituents is 1. The van der Waals surface area contributed by atoms with E-state index in [1.54, 1.807) is 7.11 Å². The molecule has 0 aliphatic rings. The van der Waals surface area contributed by atoms with E-state index >= 15 is 0 Å². The van der Waals surface area contributed by atoms with E-state index in [1.165, 1.54) is 11.1 Å². The Balaban J connectivity index is 0.00000123. The fourth-order valence-corrected chi connectivity index (χ4v) is 2.85. The van der Waals surface area contributed by atoms with Gasteiger partial charge in [-0.2, -0.15) is 0 Å². The van der Waals surface area contributed by atoms with Crippen molar-refractivity contribution in [1.29, 1.82) is 0 Å². The first kappa shape index (κ1) is 21.8. The van der Waals surface area contributed by atoms with Crippen molar-refractivity contribution in [2.75, 3.05) is 7.11 Å². The zero-order valence-corrected chi connectivity index (χ0v) is 16.3. The maximum atomic E-state index is 9.84. The van der Waals surface area contributed by atoms with E-state index in [2.05, 4.69) is 51.3 Å². The summed E-state index contributed by atoms with van der Waals surface area (Å²) in [5.74, 6) is 1.36. The molecular formula is C22H32O2. The number of hydrogen-bond acceptors (Lipinski definition) is 2. The summed E-state index contributed by atoms with van der Waals surface area (Å²) in [6.45, 7) is 18.0. The maximum Gasteiger partial charge on any atom is 0.124 e. The third-order valence-electron chi connectivity index (χ3n) is 3.68. The van der Waals surface area contributed by atoms with Crippen LogP contribution in [0, 0.1) is 27.7 Å². The van der Waals surface area contributed by atoms with E-state index in [1.807, 2.05) is 27.7 Å². The third kappa shape index (κ3) is 5.45. The van der Waals surface area contributed by atoms with Crippen LogP contribution in [0.1, 0.15) is 47.2 Å². The third-order valence-corrected chi connectivity index (χ3v) is 3.68. The van der Waals surface area contributed by atoms with Gasteiger partial charge in [0.05, 0.1) is 7.11 Å². The van der Waals surface area contributed by atoms with Crippen LogP contribution in [0.25, 0.3) is 0 Å². The number of methoxy groups -OCH3 is 1. The molecule has 1 N–H and O–H groups in total. The monoisotopic (exact) mass is 328 g/mol. The molecule has 2 nitrogen and oxygen atoms in total. The maximum absolute atomic E-state index is 9.84. The van der Waals surface area contributed by atoms with E-state index in [9.17, 15) is 5.11 Å². The minimum Gasteiger partial charge on any atom is -0.507 e. The van der Waals surface area contributed by atoms with Crippen LogP contribution in [0.2, 0.25) is 0 Å². The summed E-state index contributed by atoms with van der Waals surface area (Å²) in [4.78, 5) is 0. The largest absolute Gasteiger partial charge is 0.507 e. The molecule has 2 rings (SSSR count). The van der Waals surface area contributed by atoms with Gasteiger partial charge in [0.15, 0.2) is 0 Å². The first-order valence-corrected chi connectivity index (χ1v) is 8.35. The molecule has 0 aliphatic heterocycles. The number of phenols is 1. The first-order valence-electron chi connectivity index (χ1n) is 8.35. The number of aryl methyl sites for hydroxylation is 4. The summed E-state index contributed by atoms with van der Waals surface area (Å²) in [5, 5.41) is 9.84. The lowest BCUT2D eigenvalue weighted by Gasteiger charge is -2.12. The van der Waals surface area contributed by atoms with E-state index in [4.69, 9.17) is 4.74 Å². The molecule has 0 saturated carbocycles. The van der Waals surface area contributed by atoms with Gasteiger partial charge in [0.1, 0.15) is 11.5 Å². The summed E-state index contributed by atoms with van der Waals surface area (Å²) >= 11 is 0. The van der Waals surface area contributed by atoms with Gasteiger partial charge in [-0.15, -0.1) is 13.2 Å². The van der Waals surface area contributed by atoms with Gasteiger partial charge in [-0.1, -0.05) is 38.1 Å². The van der Waals surface area contributed by atoms with Gasteiger partial charge < -0.3 is 9.84 Å². The van der Waals surface area contributed by atoms with Crippen molar-refractivity contribution >= 4 is 0 Å². The molecule has 0 radical (unpaired) electrons. The van der Waals surface area contributed by atoms with Crippen molar-refractivity contribution in [1.82, 2.24) is 0 Å². The molecule has 0 atom stereocenters. The topological polar surface area (TPSA) is 29.5 Å². The fraction of sp³-hybridized carbons (Fsp3) is 0.364. The fourth-order valence-electron chi connectivity index (χ4n) is 2.85. The molecule has 0 spiro atoms. The molecule has 0 unspecified atom stereocenters. The summed E-state index contributed by atoms with van der Waals surface area (Å²) < 4.78 is 5.40. The van der Waals surface area contributed by atoms with E-state index in [0.717, 1.165) is 34.4 Å². The van der Waals surface area contributed by atoms with Crippen LogP contribution in [-0.4, -0.2) is 12.2 Å². The van der Waals surface area contributed by atoms with Crippen molar-refractivity contribution in [2.24, 2.45) is 0 Å². The van der Waals surface area contributed by atoms with Crippen LogP contribution in [0.5, 0.6) is 11.5 Å². The smallest absolute Gasteiger partial charge is 0.124 e. The van der Waals surface area contributed by atoms with Crippen LogP contribution in [0.4, 0.5) is 0 Å². The quantitative estimate of drug-likeness (QED) is 0.695. The minimum absolute atomic E-state index is 0.399. The zero-order chi connectivity index (χ0) is 18.9. The minimum atomic E-state index is 0.399. The summed E-state index contributed by atoms with van der Waals surface area (Å²) in [6.07, 6.45) is 0.869. The predicted molar refractivity (Wildman–Crippen MR) is 105 cm³/mol. The van der Waals surface area contributed by atoms with Gasteiger partial charge in [-0.05, 0) is 67.5 Å². The Labute approximate surface area is 147 Å². The molecule has 0 amide bonds. The van der Waals surface area contributed by atoms with Crippen molar-refractivity contribution in [3.05, 3.63) is 70.8 Å². The molecule has 24 heavy (non-hydrogen) atoms. The molecule has 0 bridgehead atoms. The Morgan fingerprint density at radius 1 is 0.792 bits per heavy atom. The Morgan fingerprint density at radius 2 is 1.12 bits per heavy atom. The zero-order valence-electron chi connectivity index (χ0n) is 16.3. The second-order valence-corrected chi connectivity index (χ2v) is 5.52. The normalized spacial score (nSPS) is 9.29. The molecule has 2 aromatic rings. The lowest BCUT2D eigenvalue weighted by atomic mass is 9.97. The Bertz CT molecular complexity index is 611. The molecule has 0 fully saturated rings. The highest BCUT2D eigenvalue weighted by molar-refractivity contribution is 5.47. The number of ether oxygens (including phenoxy) is 1. The van der Waals surface area contributed by atoms with Crippen LogP contribution in [-0.2, 0) is 6.42 Å². The van der Waals surface area contributed by atoms with Crippen LogP contribution < -0.4 is 4.74 Å². The Hall–Kier alpha value is -2.22. The summed E-state index contributed by atoms with van der Waals surface area (Å²) in [7, 11) is 1.71. The van der Waals surface area contributed by atoms with Gasteiger partial charge >= 0.3 is 0 Å². The lowest BCUT2D eigenvalue weighted by molar-refractivity contribution is 0.408. The highest BCUT2D eigenvalue weighted by Gasteiger charge is 2.08. The van der Waals surface area contributed by atoms with Gasteiger partial charge in [0.2, 0.25) is 0 Å². The molecular weight excluding hydrogens is 296 g/mol. The highest BCUT2D eigenvalue weighted by Crippen LogP contribution is 2.28. The van der Waals surface area contributed by atoms with Crippen LogP contribution >= 0.6 is 0 Å². The second kappa shape index (κ2) is 10.5. The summed E-state index contributed by atoms with van der Waals surface area (Å²) in [6, 6.07) is 8.45. The molecule has 2 heteroatoms. The Morgan fingerprint density at radius 3 is 1.46 bits per heavy atom. The van der Waals surface area contributed by atoms with E-state index in [-0.39, 0.29) is 0 Å². The number of aromatic hydroxyl groups is 1. The van der Waals surface area contributed by atoms with Crippen molar-refractivity contribution < 1.29 is 9.84 Å². The number of rotatable bonds is 3. The Kier molecular flexibility index (Phi) is 9.56. The standard InChI is InChI=1S/C18H22O2.C2H6.C2H4/c1-11-6-15(7-12(2)17(11)19)10-16-8-13(3)18(20-5)14(4)9-16;2*1-2/h6-9,19H,10H2,1-5H3;1-2H3;1-2H2. The van der Waals surface area contributed by atoms with Crippen molar-refractivity contribution in [3.63, 3.8) is 0 Å². The molecule has 0 aromatic heterocycles. The van der Waals surface area contributed by atoms with Gasteiger partial charge in [-0.25, -0.2) is 0 Å². The van der Waals surface area contributed by atoms with E-state index in [0.29, 0.717) is 5.75 Å². The van der Waals surface area contributed by atoms with Crippen LogP contribution in [0.15, 0.2) is 37.4 Å². The average Bonchev–Trinajstić information content (AvgIpc) is 2.56. The molecule has 0 aliphatic carbocycles. The highest BCUT2D eigenvalue weighted by atomic mass is 16.5. The second-order valence-electron chi connectivity index (χ2n) is 5.52. The van der Waals surface area contributed by atoms with Crippen molar-refractivity contribution in [3.8, 4) is 11.5 Å². The average molecular weight is 328 g/mol. The summed E-state index contributed by atoms with van der Waals surface area (Å²) in [5.41, 5.74) is 6.68. The molecule has 0 heterocycles. The predicted octanol–water partition coefficient (Wildman–Crippen LogP) is 6.05.